The summed E-state index contributed by atoms with van der Waals surface area (Å²) in [6.07, 6.45) is 0. The van der Waals surface area contributed by atoms with E-state index in [1.807, 2.05) is 22.6 Å². The Labute approximate surface area is 87.2 Å². The number of rotatable bonds is 1. The minimum Gasteiger partial charge on any atom is -0.410 e. The molecule has 0 heterocycles. The summed E-state index contributed by atoms with van der Waals surface area (Å²) in [5.41, 5.74) is 0.127. The van der Waals surface area contributed by atoms with Crippen LogP contribution in [0.3, 0.4) is 0 Å². The second kappa shape index (κ2) is 4.04. The molecule has 12 heavy (non-hydrogen) atoms. The van der Waals surface area contributed by atoms with E-state index in [1.165, 1.54) is 6.07 Å². The third-order valence-corrected chi connectivity index (χ3v) is 2.42. The van der Waals surface area contributed by atoms with Gasteiger partial charge in [0.25, 0.3) is 0 Å². The first-order chi connectivity index (χ1) is 5.66. The standard InChI is InChI=1S/C7H4ClFINO/c8-7(11-12)6-4(9)2-1-3-5(6)10/h1-3,12H. The van der Waals surface area contributed by atoms with Crippen molar-refractivity contribution in [2.45, 2.75) is 0 Å². The van der Waals surface area contributed by atoms with Crippen LogP contribution in [0.25, 0.3) is 0 Å². The second-order valence-electron chi connectivity index (χ2n) is 1.99. The van der Waals surface area contributed by atoms with Crippen LogP contribution >= 0.6 is 34.2 Å². The van der Waals surface area contributed by atoms with Crippen LogP contribution in [0, 0.1) is 9.39 Å². The Morgan fingerprint density at radius 1 is 1.58 bits per heavy atom. The van der Waals surface area contributed by atoms with Gasteiger partial charge in [0.15, 0.2) is 5.17 Å². The Bertz CT molecular complexity index is 309. The number of benzene rings is 1. The summed E-state index contributed by atoms with van der Waals surface area (Å²) in [6, 6.07) is 4.49. The SMILES string of the molecule is ON=C(Cl)c1c(F)cccc1I. The highest BCUT2D eigenvalue weighted by Gasteiger charge is 2.10. The molecule has 1 rings (SSSR count). The van der Waals surface area contributed by atoms with Crippen molar-refractivity contribution in [3.05, 3.63) is 33.1 Å². The normalized spacial score (nSPS) is 11.8. The number of hydrogen-bond donors (Lipinski definition) is 1. The van der Waals surface area contributed by atoms with E-state index in [2.05, 4.69) is 5.16 Å². The highest BCUT2D eigenvalue weighted by Crippen LogP contribution is 2.18. The molecule has 1 aromatic rings. The number of nitrogens with zero attached hydrogens (tertiary/aromatic N) is 1. The van der Waals surface area contributed by atoms with Gasteiger partial charge in [0.2, 0.25) is 0 Å². The summed E-state index contributed by atoms with van der Waals surface area (Å²) < 4.78 is 13.6. The van der Waals surface area contributed by atoms with Gasteiger partial charge in [0.1, 0.15) is 5.82 Å². The number of halogens is 3. The lowest BCUT2D eigenvalue weighted by atomic mass is 10.2. The summed E-state index contributed by atoms with van der Waals surface area (Å²) in [5.74, 6) is -0.496. The molecule has 2 nitrogen and oxygen atoms in total. The van der Waals surface area contributed by atoms with E-state index in [0.717, 1.165) is 0 Å². The summed E-state index contributed by atoms with van der Waals surface area (Å²) in [5, 5.41) is 10.8. The first-order valence-electron chi connectivity index (χ1n) is 2.98. The molecule has 1 N–H and O–H groups in total. The van der Waals surface area contributed by atoms with Crippen molar-refractivity contribution in [1.29, 1.82) is 0 Å². The van der Waals surface area contributed by atoms with E-state index in [9.17, 15) is 4.39 Å². The molecule has 0 aliphatic carbocycles. The zero-order valence-corrected chi connectivity index (χ0v) is 8.67. The van der Waals surface area contributed by atoms with Gasteiger partial charge in [0.05, 0.1) is 5.56 Å². The Kier molecular flexibility index (Phi) is 3.28. The molecule has 0 unspecified atom stereocenters. The predicted molar refractivity (Wildman–Crippen MR) is 53.3 cm³/mol. The van der Waals surface area contributed by atoms with Crippen LogP contribution in [0.5, 0.6) is 0 Å². The molecule has 0 spiro atoms. The largest absolute Gasteiger partial charge is 0.410 e. The molecule has 0 aliphatic heterocycles. The van der Waals surface area contributed by atoms with Crippen LogP contribution in [0.15, 0.2) is 23.4 Å². The van der Waals surface area contributed by atoms with Crippen molar-refractivity contribution in [2.75, 3.05) is 0 Å². The first-order valence-corrected chi connectivity index (χ1v) is 4.44. The van der Waals surface area contributed by atoms with Crippen LogP contribution in [-0.4, -0.2) is 10.4 Å². The van der Waals surface area contributed by atoms with E-state index in [1.54, 1.807) is 12.1 Å². The minimum atomic E-state index is -0.496. The Morgan fingerprint density at radius 3 is 2.75 bits per heavy atom. The molecule has 0 saturated carbocycles. The Morgan fingerprint density at radius 2 is 2.25 bits per heavy atom. The molecule has 0 radical (unpaired) electrons. The molecule has 64 valence electrons. The molecule has 5 heteroatoms. The highest BCUT2D eigenvalue weighted by molar-refractivity contribution is 14.1. The molecule has 0 aliphatic rings. The fourth-order valence-corrected chi connectivity index (χ4v) is 1.82. The molecule has 1 aromatic carbocycles. The first kappa shape index (κ1) is 9.73. The zero-order chi connectivity index (χ0) is 9.14. The quantitative estimate of drug-likeness (QED) is 0.368. The summed E-state index contributed by atoms with van der Waals surface area (Å²) in [6.45, 7) is 0. The Hall–Kier alpha value is -0.360. The maximum Gasteiger partial charge on any atom is 0.179 e. The van der Waals surface area contributed by atoms with Gasteiger partial charge in [-0.2, -0.15) is 0 Å². The van der Waals surface area contributed by atoms with Crippen molar-refractivity contribution in [3.63, 3.8) is 0 Å². The van der Waals surface area contributed by atoms with Gasteiger partial charge < -0.3 is 5.21 Å². The van der Waals surface area contributed by atoms with Gasteiger partial charge in [-0.3, -0.25) is 0 Å². The summed E-state index contributed by atoms with van der Waals surface area (Å²) in [4.78, 5) is 0. The van der Waals surface area contributed by atoms with E-state index in [-0.39, 0.29) is 10.7 Å². The molecular weight excluding hydrogens is 295 g/mol. The molecule has 0 saturated heterocycles. The number of hydrogen-bond acceptors (Lipinski definition) is 2. The van der Waals surface area contributed by atoms with E-state index >= 15 is 0 Å². The zero-order valence-electron chi connectivity index (χ0n) is 5.76. The van der Waals surface area contributed by atoms with Gasteiger partial charge >= 0.3 is 0 Å². The van der Waals surface area contributed by atoms with E-state index < -0.39 is 5.82 Å². The lowest BCUT2D eigenvalue weighted by molar-refractivity contribution is 0.320. The van der Waals surface area contributed by atoms with Gasteiger partial charge in [-0.25, -0.2) is 4.39 Å². The number of oxime groups is 1. The maximum absolute atomic E-state index is 13.0. The lowest BCUT2D eigenvalue weighted by Gasteiger charge is -2.00. The highest BCUT2D eigenvalue weighted by atomic mass is 127. The van der Waals surface area contributed by atoms with Gasteiger partial charge in [-0.15, -0.1) is 0 Å². The van der Waals surface area contributed by atoms with Crippen molar-refractivity contribution in [2.24, 2.45) is 5.16 Å². The van der Waals surface area contributed by atoms with Crippen LogP contribution in [0.4, 0.5) is 4.39 Å². The monoisotopic (exact) mass is 299 g/mol. The molecular formula is C7H4ClFINO. The molecule has 0 bridgehead atoms. The fraction of sp³-hybridized carbons (Fsp3) is 0. The molecule has 0 atom stereocenters. The summed E-state index contributed by atoms with van der Waals surface area (Å²) >= 11 is 7.36. The average Bonchev–Trinajstić information content (AvgIpc) is 2.03. The second-order valence-corrected chi connectivity index (χ2v) is 3.51. The fourth-order valence-electron chi connectivity index (χ4n) is 0.745. The van der Waals surface area contributed by atoms with Crippen LogP contribution < -0.4 is 0 Å². The van der Waals surface area contributed by atoms with Crippen molar-refractivity contribution in [1.82, 2.24) is 0 Å². The van der Waals surface area contributed by atoms with Gasteiger partial charge in [-0.1, -0.05) is 22.8 Å². The topological polar surface area (TPSA) is 32.6 Å². The van der Waals surface area contributed by atoms with Crippen molar-refractivity contribution >= 4 is 39.4 Å². The van der Waals surface area contributed by atoms with Crippen molar-refractivity contribution in [3.8, 4) is 0 Å². The molecule has 0 fully saturated rings. The van der Waals surface area contributed by atoms with Crippen molar-refractivity contribution < 1.29 is 9.60 Å². The van der Waals surface area contributed by atoms with Crippen LogP contribution in [0.2, 0.25) is 0 Å². The smallest absolute Gasteiger partial charge is 0.179 e. The van der Waals surface area contributed by atoms with Crippen LogP contribution in [0.1, 0.15) is 5.56 Å². The Balaban J connectivity index is 3.31. The summed E-state index contributed by atoms with van der Waals surface area (Å²) in [7, 11) is 0. The average molecular weight is 299 g/mol. The minimum absolute atomic E-state index is 0.127. The lowest BCUT2D eigenvalue weighted by Crippen LogP contribution is -1.99. The van der Waals surface area contributed by atoms with E-state index in [0.29, 0.717) is 3.57 Å². The van der Waals surface area contributed by atoms with Gasteiger partial charge in [0, 0.05) is 3.57 Å². The predicted octanol–water partition coefficient (Wildman–Crippen LogP) is 2.80. The third-order valence-electron chi connectivity index (χ3n) is 1.26. The molecule has 0 amide bonds. The maximum atomic E-state index is 13.0. The van der Waals surface area contributed by atoms with Gasteiger partial charge in [-0.05, 0) is 34.7 Å². The molecule has 0 aromatic heterocycles. The third kappa shape index (κ3) is 1.87. The van der Waals surface area contributed by atoms with E-state index in [4.69, 9.17) is 16.8 Å². The van der Waals surface area contributed by atoms with Crippen LogP contribution in [-0.2, 0) is 0 Å².